The summed E-state index contributed by atoms with van der Waals surface area (Å²) in [7, 11) is 0. The number of nitrogens with one attached hydrogen (secondary N) is 2. The van der Waals surface area contributed by atoms with Gasteiger partial charge in [-0.3, -0.25) is 14.6 Å². The number of amides is 1. The minimum absolute atomic E-state index is 0.0135. The number of hydrogen-bond acceptors (Lipinski definition) is 6. The summed E-state index contributed by atoms with van der Waals surface area (Å²) in [5.74, 6) is 0.329. The Balaban J connectivity index is 1.34. The molecule has 5 rings (SSSR count). The van der Waals surface area contributed by atoms with Crippen molar-refractivity contribution in [3.8, 4) is 0 Å². The quantitative estimate of drug-likeness (QED) is 0.826. The maximum absolute atomic E-state index is 12.6. The first-order valence-corrected chi connectivity index (χ1v) is 9.65. The van der Waals surface area contributed by atoms with E-state index in [2.05, 4.69) is 20.4 Å². The van der Waals surface area contributed by atoms with Gasteiger partial charge in [0.25, 0.3) is 5.56 Å². The number of aromatic amines is 1. The predicted octanol–water partition coefficient (Wildman–Crippen LogP) is 0.894. The average molecular weight is 372 g/mol. The number of fused-ring (bicyclic) bond motifs is 1. The molecule has 0 bridgehead atoms. The molecule has 0 radical (unpaired) electrons. The molecule has 1 spiro atoms. The van der Waals surface area contributed by atoms with Gasteiger partial charge < -0.3 is 15.0 Å². The number of H-pyrrole nitrogens is 1. The minimum atomic E-state index is -0.466. The van der Waals surface area contributed by atoms with Gasteiger partial charge in [0.15, 0.2) is 5.65 Å². The van der Waals surface area contributed by atoms with Crippen LogP contribution in [0.15, 0.2) is 11.0 Å². The van der Waals surface area contributed by atoms with Crippen molar-refractivity contribution >= 4 is 22.9 Å². The molecule has 27 heavy (non-hydrogen) atoms. The van der Waals surface area contributed by atoms with E-state index in [1.54, 1.807) is 13.1 Å². The Morgan fingerprint density at radius 3 is 2.78 bits per heavy atom. The third-order valence-corrected chi connectivity index (χ3v) is 6.04. The molecule has 1 atom stereocenters. The summed E-state index contributed by atoms with van der Waals surface area (Å²) >= 11 is 0. The van der Waals surface area contributed by atoms with Crippen molar-refractivity contribution in [1.82, 2.24) is 24.6 Å². The lowest BCUT2D eigenvalue weighted by Crippen LogP contribution is -2.68. The Bertz CT molecular complexity index is 932. The Morgan fingerprint density at radius 1 is 1.37 bits per heavy atom. The summed E-state index contributed by atoms with van der Waals surface area (Å²) in [5, 5.41) is 7.95. The van der Waals surface area contributed by atoms with Crippen molar-refractivity contribution in [3.05, 3.63) is 16.6 Å². The molecule has 2 N–H and O–H groups in total. The molecule has 9 heteroatoms. The van der Waals surface area contributed by atoms with Crippen molar-refractivity contribution in [2.75, 3.05) is 31.6 Å². The van der Waals surface area contributed by atoms with Crippen LogP contribution in [0.5, 0.6) is 0 Å². The van der Waals surface area contributed by atoms with Crippen LogP contribution in [0.2, 0.25) is 0 Å². The standard InChI is InChI=1S/C18H24N6O3/c1-11(16(26)23-7-18(8-23)9-27-10-18)20-17-21-14-13(15(25)22-17)6-19-24(14)12-4-2-3-5-12/h6,11-12H,2-5,7-10H2,1H3,(H2,20,21,22,25)/t11-/m1/s1. The molecule has 2 aliphatic heterocycles. The van der Waals surface area contributed by atoms with Gasteiger partial charge in [-0.15, -0.1) is 0 Å². The number of ether oxygens (including phenoxy) is 1. The molecule has 2 aromatic rings. The third kappa shape index (κ3) is 2.72. The molecule has 144 valence electrons. The van der Waals surface area contributed by atoms with Crippen LogP contribution in [0.4, 0.5) is 5.95 Å². The van der Waals surface area contributed by atoms with Crippen molar-refractivity contribution in [3.63, 3.8) is 0 Å². The van der Waals surface area contributed by atoms with Gasteiger partial charge >= 0.3 is 0 Å². The Labute approximate surface area is 156 Å². The number of likely N-dealkylation sites (tertiary alicyclic amines) is 1. The number of carbonyl (C=O) groups is 1. The molecule has 1 saturated carbocycles. The molecule has 9 nitrogen and oxygen atoms in total. The maximum Gasteiger partial charge on any atom is 0.263 e. The van der Waals surface area contributed by atoms with Crippen molar-refractivity contribution in [2.45, 2.75) is 44.7 Å². The van der Waals surface area contributed by atoms with E-state index in [9.17, 15) is 9.59 Å². The van der Waals surface area contributed by atoms with Gasteiger partial charge in [0, 0.05) is 13.1 Å². The Kier molecular flexibility index (Phi) is 3.75. The van der Waals surface area contributed by atoms with E-state index in [0.29, 0.717) is 23.0 Å². The predicted molar refractivity (Wildman–Crippen MR) is 98.6 cm³/mol. The number of nitrogens with zero attached hydrogens (tertiary/aromatic N) is 4. The number of aromatic nitrogens is 4. The summed E-state index contributed by atoms with van der Waals surface area (Å²) < 4.78 is 7.12. The zero-order chi connectivity index (χ0) is 18.6. The van der Waals surface area contributed by atoms with Crippen LogP contribution in [0, 0.1) is 5.41 Å². The lowest BCUT2D eigenvalue weighted by Gasteiger charge is -2.55. The number of rotatable bonds is 4. The summed E-state index contributed by atoms with van der Waals surface area (Å²) in [5.41, 5.74) is 0.539. The van der Waals surface area contributed by atoms with Crippen LogP contribution in [-0.2, 0) is 9.53 Å². The molecule has 3 aliphatic rings. The number of anilines is 1. The van der Waals surface area contributed by atoms with E-state index in [1.807, 2.05) is 9.58 Å². The molecule has 0 aromatic carbocycles. The lowest BCUT2D eigenvalue weighted by molar-refractivity contribution is -0.195. The smallest absolute Gasteiger partial charge is 0.263 e. The van der Waals surface area contributed by atoms with Crippen LogP contribution >= 0.6 is 0 Å². The normalized spacial score (nSPS) is 22.6. The molecule has 3 fully saturated rings. The van der Waals surface area contributed by atoms with Crippen molar-refractivity contribution < 1.29 is 9.53 Å². The zero-order valence-corrected chi connectivity index (χ0v) is 15.4. The second-order valence-electron chi connectivity index (χ2n) is 8.23. The molecule has 4 heterocycles. The van der Waals surface area contributed by atoms with E-state index in [-0.39, 0.29) is 16.9 Å². The number of carbonyl (C=O) groups excluding carboxylic acids is 1. The van der Waals surface area contributed by atoms with Gasteiger partial charge in [0.2, 0.25) is 11.9 Å². The van der Waals surface area contributed by atoms with E-state index in [1.165, 1.54) is 12.8 Å². The van der Waals surface area contributed by atoms with Crippen LogP contribution in [-0.4, -0.2) is 62.9 Å². The molecular weight excluding hydrogens is 348 g/mol. The van der Waals surface area contributed by atoms with Crippen LogP contribution in [0.3, 0.4) is 0 Å². The summed E-state index contributed by atoms with van der Waals surface area (Å²) in [4.78, 5) is 34.2. The highest BCUT2D eigenvalue weighted by molar-refractivity contribution is 5.85. The fourth-order valence-corrected chi connectivity index (χ4v) is 4.45. The largest absolute Gasteiger partial charge is 0.380 e. The molecule has 2 saturated heterocycles. The van der Waals surface area contributed by atoms with Gasteiger partial charge in [0.1, 0.15) is 11.4 Å². The Hall–Kier alpha value is -2.42. The highest BCUT2D eigenvalue weighted by atomic mass is 16.5. The molecule has 0 unspecified atom stereocenters. The summed E-state index contributed by atoms with van der Waals surface area (Å²) in [6, 6.07) is -0.169. The lowest BCUT2D eigenvalue weighted by atomic mass is 9.78. The van der Waals surface area contributed by atoms with E-state index >= 15 is 0 Å². The summed E-state index contributed by atoms with van der Waals surface area (Å²) in [6.45, 7) is 4.78. The van der Waals surface area contributed by atoms with Gasteiger partial charge in [0.05, 0.1) is 30.9 Å². The molecule has 2 aromatic heterocycles. The first kappa shape index (κ1) is 16.7. The van der Waals surface area contributed by atoms with Gasteiger partial charge in [-0.1, -0.05) is 12.8 Å². The van der Waals surface area contributed by atoms with Crippen molar-refractivity contribution in [1.29, 1.82) is 0 Å². The highest BCUT2D eigenvalue weighted by Gasteiger charge is 2.51. The third-order valence-electron chi connectivity index (χ3n) is 6.04. The van der Waals surface area contributed by atoms with Crippen LogP contribution in [0.1, 0.15) is 38.6 Å². The second kappa shape index (κ2) is 6.05. The molecule has 1 aliphatic carbocycles. The van der Waals surface area contributed by atoms with Gasteiger partial charge in [-0.05, 0) is 19.8 Å². The van der Waals surface area contributed by atoms with Gasteiger partial charge in [-0.25, -0.2) is 4.68 Å². The number of hydrogen-bond donors (Lipinski definition) is 2. The zero-order valence-electron chi connectivity index (χ0n) is 15.4. The molecular formula is C18H24N6O3. The van der Waals surface area contributed by atoms with Crippen LogP contribution < -0.4 is 10.9 Å². The maximum atomic E-state index is 12.6. The fourth-order valence-electron chi connectivity index (χ4n) is 4.45. The first-order valence-electron chi connectivity index (χ1n) is 9.65. The first-order chi connectivity index (χ1) is 13.0. The highest BCUT2D eigenvalue weighted by Crippen LogP contribution is 2.37. The monoisotopic (exact) mass is 372 g/mol. The second-order valence-corrected chi connectivity index (χ2v) is 8.23. The fraction of sp³-hybridized carbons (Fsp3) is 0.667. The van der Waals surface area contributed by atoms with E-state index < -0.39 is 6.04 Å². The Morgan fingerprint density at radius 2 is 2.11 bits per heavy atom. The topological polar surface area (TPSA) is 105 Å². The SMILES string of the molecule is C[C@@H](Nc1nc2c(cnn2C2CCCC2)c(=O)[nH]1)C(=O)N1CC2(COC2)C1. The van der Waals surface area contributed by atoms with Crippen molar-refractivity contribution in [2.24, 2.45) is 5.41 Å². The van der Waals surface area contributed by atoms with Crippen LogP contribution in [0.25, 0.3) is 11.0 Å². The summed E-state index contributed by atoms with van der Waals surface area (Å²) in [6.07, 6.45) is 6.05. The minimum Gasteiger partial charge on any atom is -0.380 e. The molecule has 1 amide bonds. The van der Waals surface area contributed by atoms with E-state index in [4.69, 9.17) is 4.74 Å². The van der Waals surface area contributed by atoms with Gasteiger partial charge in [-0.2, -0.15) is 10.1 Å². The van der Waals surface area contributed by atoms with E-state index in [0.717, 1.165) is 39.1 Å². The average Bonchev–Trinajstić information content (AvgIpc) is 3.20.